The first kappa shape index (κ1) is 14.4. The van der Waals surface area contributed by atoms with Crippen LogP contribution in [-0.4, -0.2) is 12.5 Å². The molecular weight excluding hydrogens is 320 g/mol. The van der Waals surface area contributed by atoms with Crippen LogP contribution in [-0.2, 0) is 4.79 Å². The molecule has 20 heavy (non-hydrogen) atoms. The number of amides is 1. The number of halogens is 1. The van der Waals surface area contributed by atoms with Gasteiger partial charge in [-0.1, -0.05) is 22.0 Å². The van der Waals surface area contributed by atoms with Crippen molar-refractivity contribution in [2.75, 3.05) is 17.7 Å². The summed E-state index contributed by atoms with van der Waals surface area (Å²) in [6, 6.07) is 12.7. The molecule has 0 bridgehead atoms. The molecule has 2 aromatic carbocycles. The second-order valence-corrected chi connectivity index (χ2v) is 5.28. The Morgan fingerprint density at radius 2 is 1.95 bits per heavy atom. The van der Waals surface area contributed by atoms with Gasteiger partial charge in [0.05, 0.1) is 0 Å². The number of ether oxygens (including phenoxy) is 1. The van der Waals surface area contributed by atoms with Gasteiger partial charge in [0.15, 0.2) is 6.61 Å². The van der Waals surface area contributed by atoms with Crippen LogP contribution in [0.15, 0.2) is 46.9 Å². The number of nitrogens with one attached hydrogen (secondary N) is 1. The summed E-state index contributed by atoms with van der Waals surface area (Å²) in [4.78, 5) is 11.8. The lowest BCUT2D eigenvalue weighted by Gasteiger charge is -2.10. The summed E-state index contributed by atoms with van der Waals surface area (Å²) in [5, 5.41) is 2.74. The molecule has 0 heterocycles. The minimum Gasteiger partial charge on any atom is -0.483 e. The third-order valence-corrected chi connectivity index (χ3v) is 3.20. The van der Waals surface area contributed by atoms with E-state index in [1.54, 1.807) is 24.3 Å². The second-order valence-electron chi connectivity index (χ2n) is 4.37. The van der Waals surface area contributed by atoms with Crippen LogP contribution >= 0.6 is 15.9 Å². The Morgan fingerprint density at radius 1 is 1.25 bits per heavy atom. The van der Waals surface area contributed by atoms with Crippen molar-refractivity contribution in [2.24, 2.45) is 0 Å². The van der Waals surface area contributed by atoms with Crippen molar-refractivity contribution in [3.63, 3.8) is 0 Å². The van der Waals surface area contributed by atoms with E-state index >= 15 is 0 Å². The SMILES string of the molecule is Cc1ccc(Br)cc1OCC(=O)Nc1ccc(N)cc1. The first-order valence-corrected chi connectivity index (χ1v) is 6.88. The minimum atomic E-state index is -0.214. The highest BCUT2D eigenvalue weighted by Gasteiger charge is 2.06. The highest BCUT2D eigenvalue weighted by molar-refractivity contribution is 9.10. The summed E-state index contributed by atoms with van der Waals surface area (Å²) in [5.74, 6) is 0.473. The van der Waals surface area contributed by atoms with Crippen LogP contribution in [0.5, 0.6) is 5.75 Å². The summed E-state index contributed by atoms with van der Waals surface area (Å²) >= 11 is 3.37. The van der Waals surface area contributed by atoms with Crippen molar-refractivity contribution in [2.45, 2.75) is 6.92 Å². The number of benzene rings is 2. The number of nitrogen functional groups attached to an aromatic ring is 1. The Kier molecular flexibility index (Phi) is 4.63. The molecule has 2 rings (SSSR count). The molecular formula is C15H15BrN2O2. The smallest absolute Gasteiger partial charge is 0.262 e. The maximum atomic E-state index is 11.8. The lowest BCUT2D eigenvalue weighted by atomic mass is 10.2. The maximum Gasteiger partial charge on any atom is 0.262 e. The van der Waals surface area contributed by atoms with E-state index in [2.05, 4.69) is 21.2 Å². The van der Waals surface area contributed by atoms with Crippen molar-refractivity contribution in [1.29, 1.82) is 0 Å². The highest BCUT2D eigenvalue weighted by atomic mass is 79.9. The molecule has 4 nitrogen and oxygen atoms in total. The molecule has 0 aliphatic heterocycles. The first-order chi connectivity index (χ1) is 9.54. The summed E-state index contributed by atoms with van der Waals surface area (Å²) in [6.07, 6.45) is 0. The quantitative estimate of drug-likeness (QED) is 0.842. The van der Waals surface area contributed by atoms with Gasteiger partial charge in [0, 0.05) is 15.8 Å². The Hall–Kier alpha value is -2.01. The lowest BCUT2D eigenvalue weighted by Crippen LogP contribution is -2.20. The van der Waals surface area contributed by atoms with Gasteiger partial charge < -0.3 is 15.8 Å². The van der Waals surface area contributed by atoms with Crippen molar-refractivity contribution < 1.29 is 9.53 Å². The van der Waals surface area contributed by atoms with Gasteiger partial charge in [-0.3, -0.25) is 4.79 Å². The molecule has 0 atom stereocenters. The molecule has 104 valence electrons. The molecule has 3 N–H and O–H groups in total. The van der Waals surface area contributed by atoms with Gasteiger partial charge in [-0.25, -0.2) is 0 Å². The molecule has 0 fully saturated rings. The van der Waals surface area contributed by atoms with Gasteiger partial charge in [-0.15, -0.1) is 0 Å². The molecule has 0 aliphatic rings. The average molecular weight is 335 g/mol. The summed E-state index contributed by atoms with van der Waals surface area (Å²) < 4.78 is 6.42. The van der Waals surface area contributed by atoms with Crippen LogP contribution in [0, 0.1) is 6.92 Å². The van der Waals surface area contributed by atoms with Crippen LogP contribution in [0.4, 0.5) is 11.4 Å². The fourth-order valence-corrected chi connectivity index (χ4v) is 1.98. The zero-order valence-corrected chi connectivity index (χ0v) is 12.6. The largest absolute Gasteiger partial charge is 0.483 e. The number of hydrogen-bond acceptors (Lipinski definition) is 3. The van der Waals surface area contributed by atoms with Crippen LogP contribution < -0.4 is 15.8 Å². The third-order valence-electron chi connectivity index (χ3n) is 2.70. The lowest BCUT2D eigenvalue weighted by molar-refractivity contribution is -0.118. The Labute approximate surface area is 126 Å². The molecule has 0 aliphatic carbocycles. The molecule has 2 aromatic rings. The van der Waals surface area contributed by atoms with E-state index in [1.807, 2.05) is 25.1 Å². The summed E-state index contributed by atoms with van der Waals surface area (Å²) in [6.45, 7) is 1.89. The van der Waals surface area contributed by atoms with Crippen LogP contribution in [0.3, 0.4) is 0 Å². The fourth-order valence-electron chi connectivity index (χ4n) is 1.64. The van der Waals surface area contributed by atoms with E-state index in [1.165, 1.54) is 0 Å². The van der Waals surface area contributed by atoms with Crippen LogP contribution in [0.2, 0.25) is 0 Å². The van der Waals surface area contributed by atoms with Crippen LogP contribution in [0.1, 0.15) is 5.56 Å². The van der Waals surface area contributed by atoms with E-state index in [4.69, 9.17) is 10.5 Å². The summed E-state index contributed by atoms with van der Waals surface area (Å²) in [5.41, 5.74) is 7.91. The topological polar surface area (TPSA) is 64.3 Å². The molecule has 0 unspecified atom stereocenters. The number of anilines is 2. The normalized spacial score (nSPS) is 10.1. The molecule has 5 heteroatoms. The molecule has 1 amide bonds. The number of rotatable bonds is 4. The second kappa shape index (κ2) is 6.43. The number of nitrogens with two attached hydrogens (primary N) is 1. The number of hydrogen-bond donors (Lipinski definition) is 2. The molecule has 0 saturated carbocycles. The maximum absolute atomic E-state index is 11.8. The predicted molar refractivity (Wildman–Crippen MR) is 83.9 cm³/mol. The fraction of sp³-hybridized carbons (Fsp3) is 0.133. The molecule has 0 spiro atoms. The first-order valence-electron chi connectivity index (χ1n) is 6.09. The highest BCUT2D eigenvalue weighted by Crippen LogP contribution is 2.22. The van der Waals surface area contributed by atoms with Crippen molar-refractivity contribution >= 4 is 33.2 Å². The Balaban J connectivity index is 1.92. The van der Waals surface area contributed by atoms with Crippen molar-refractivity contribution in [3.05, 3.63) is 52.5 Å². The van der Waals surface area contributed by atoms with Crippen molar-refractivity contribution in [1.82, 2.24) is 0 Å². The monoisotopic (exact) mass is 334 g/mol. The van der Waals surface area contributed by atoms with Crippen LogP contribution in [0.25, 0.3) is 0 Å². The molecule has 0 radical (unpaired) electrons. The van der Waals surface area contributed by atoms with Gasteiger partial charge in [0.2, 0.25) is 0 Å². The zero-order valence-electron chi connectivity index (χ0n) is 11.0. The van der Waals surface area contributed by atoms with Gasteiger partial charge in [-0.05, 0) is 48.9 Å². The van der Waals surface area contributed by atoms with E-state index in [-0.39, 0.29) is 12.5 Å². The number of aryl methyl sites for hydroxylation is 1. The van der Waals surface area contributed by atoms with E-state index in [0.29, 0.717) is 17.1 Å². The van der Waals surface area contributed by atoms with E-state index in [0.717, 1.165) is 10.0 Å². The summed E-state index contributed by atoms with van der Waals surface area (Å²) in [7, 11) is 0. The Morgan fingerprint density at radius 3 is 2.65 bits per heavy atom. The standard InChI is InChI=1S/C15H15BrN2O2/c1-10-2-3-11(16)8-14(10)20-9-15(19)18-13-6-4-12(17)5-7-13/h2-8H,9,17H2,1H3,(H,18,19). The molecule has 0 saturated heterocycles. The Bertz CT molecular complexity index is 612. The molecule has 0 aromatic heterocycles. The third kappa shape index (κ3) is 3.99. The van der Waals surface area contributed by atoms with Crippen molar-refractivity contribution in [3.8, 4) is 5.75 Å². The van der Waals surface area contributed by atoms with E-state index in [9.17, 15) is 4.79 Å². The van der Waals surface area contributed by atoms with E-state index < -0.39 is 0 Å². The predicted octanol–water partition coefficient (Wildman–Crippen LogP) is 3.36. The number of carbonyl (C=O) groups is 1. The average Bonchev–Trinajstić information content (AvgIpc) is 2.42. The zero-order chi connectivity index (χ0) is 14.5. The van der Waals surface area contributed by atoms with Gasteiger partial charge >= 0.3 is 0 Å². The number of carbonyl (C=O) groups excluding carboxylic acids is 1. The van der Waals surface area contributed by atoms with Gasteiger partial charge in [0.25, 0.3) is 5.91 Å². The minimum absolute atomic E-state index is 0.0400. The van der Waals surface area contributed by atoms with Gasteiger partial charge in [-0.2, -0.15) is 0 Å². The van der Waals surface area contributed by atoms with Gasteiger partial charge in [0.1, 0.15) is 5.75 Å².